The fourth-order valence-electron chi connectivity index (χ4n) is 4.41. The summed E-state index contributed by atoms with van der Waals surface area (Å²) in [5.41, 5.74) is 3.42. The largest absolute Gasteiger partial charge is 0.493 e. The Balaban J connectivity index is 1.70. The lowest BCUT2D eigenvalue weighted by atomic mass is 9.97. The van der Waals surface area contributed by atoms with Crippen LogP contribution in [0.15, 0.2) is 76.0 Å². The highest BCUT2D eigenvalue weighted by Gasteiger charge is 2.45. The summed E-state index contributed by atoms with van der Waals surface area (Å²) >= 11 is 1.31. The van der Waals surface area contributed by atoms with Gasteiger partial charge in [0.05, 0.1) is 43.5 Å². The van der Waals surface area contributed by atoms with E-state index in [1.807, 2.05) is 49.4 Å². The smallest absolute Gasteiger partial charge is 0.272 e. The molecule has 0 saturated heterocycles. The number of carbonyl (C=O) groups excluding carboxylic acids is 2. The number of aryl methyl sites for hydroxylation is 1. The molecule has 8 heteroatoms. The average Bonchev–Trinajstić information content (AvgIpc) is 3.01. The summed E-state index contributed by atoms with van der Waals surface area (Å²) in [5, 5.41) is 3.49. The Morgan fingerprint density at radius 1 is 0.857 bits per heavy atom. The third kappa shape index (κ3) is 3.80. The summed E-state index contributed by atoms with van der Waals surface area (Å²) in [6.07, 6.45) is 0. The number of ether oxygens (including phenoxy) is 3. The molecule has 7 nitrogen and oxygen atoms in total. The van der Waals surface area contributed by atoms with E-state index in [4.69, 9.17) is 14.2 Å². The number of rotatable bonds is 5. The molecule has 35 heavy (non-hydrogen) atoms. The van der Waals surface area contributed by atoms with Crippen molar-refractivity contribution in [2.75, 3.05) is 31.5 Å². The number of fused-ring (bicyclic) bond motifs is 1. The van der Waals surface area contributed by atoms with E-state index in [2.05, 4.69) is 5.32 Å². The molecule has 2 amide bonds. The van der Waals surface area contributed by atoms with E-state index in [0.717, 1.165) is 16.1 Å². The first kappa shape index (κ1) is 22.9. The number of methoxy groups -OCH3 is 3. The molecule has 1 atom stereocenters. The highest BCUT2D eigenvalue weighted by molar-refractivity contribution is 8.04. The molecule has 2 aliphatic rings. The quantitative estimate of drug-likeness (QED) is 0.500. The van der Waals surface area contributed by atoms with Gasteiger partial charge in [-0.1, -0.05) is 36.0 Å². The van der Waals surface area contributed by atoms with Crippen molar-refractivity contribution < 1.29 is 23.8 Å². The van der Waals surface area contributed by atoms with E-state index in [1.54, 1.807) is 32.4 Å². The van der Waals surface area contributed by atoms with Crippen LogP contribution < -0.4 is 24.4 Å². The van der Waals surface area contributed by atoms with Crippen LogP contribution >= 0.6 is 11.8 Å². The first-order valence-electron chi connectivity index (χ1n) is 11.0. The van der Waals surface area contributed by atoms with Crippen LogP contribution in [0.25, 0.3) is 0 Å². The molecule has 0 aromatic heterocycles. The van der Waals surface area contributed by atoms with Crippen LogP contribution in [0.1, 0.15) is 17.2 Å². The minimum atomic E-state index is -0.624. The molecule has 0 fully saturated rings. The zero-order valence-corrected chi connectivity index (χ0v) is 20.6. The summed E-state index contributed by atoms with van der Waals surface area (Å²) < 4.78 is 16.6. The summed E-state index contributed by atoms with van der Waals surface area (Å²) in [6.45, 7) is 1.93. The number of nitrogens with one attached hydrogen (secondary N) is 1. The maximum Gasteiger partial charge on any atom is 0.272 e. The Labute approximate surface area is 207 Å². The van der Waals surface area contributed by atoms with E-state index >= 15 is 0 Å². The number of thioether (sulfide) groups is 1. The SMILES string of the molecule is COc1cc(C2Nc3ccccc3SC3=C2C(=O)N(c2cccc(C)c2)C3=O)cc(OC)c1OC. The van der Waals surface area contributed by atoms with Crippen molar-refractivity contribution in [2.45, 2.75) is 17.9 Å². The lowest BCUT2D eigenvalue weighted by Gasteiger charge is -2.24. The van der Waals surface area contributed by atoms with Gasteiger partial charge in [-0.05, 0) is 54.4 Å². The van der Waals surface area contributed by atoms with Crippen LogP contribution in [0.4, 0.5) is 11.4 Å². The van der Waals surface area contributed by atoms with Crippen LogP contribution in [0.3, 0.4) is 0 Å². The molecule has 0 bridgehead atoms. The third-order valence-corrected chi connectivity index (χ3v) is 7.22. The minimum Gasteiger partial charge on any atom is -0.493 e. The number of hydrogen-bond donors (Lipinski definition) is 1. The lowest BCUT2D eigenvalue weighted by Crippen LogP contribution is -2.33. The Hall–Kier alpha value is -3.91. The van der Waals surface area contributed by atoms with Crippen LogP contribution in [-0.4, -0.2) is 33.1 Å². The van der Waals surface area contributed by atoms with E-state index in [1.165, 1.54) is 23.8 Å². The van der Waals surface area contributed by atoms with Crippen LogP contribution in [0.2, 0.25) is 0 Å². The maximum atomic E-state index is 13.9. The standard InChI is InChI=1S/C27H24N2O5S/c1-15-8-7-9-17(12-15)29-26(30)22-23(16-13-19(32-2)24(34-4)20(14-16)33-3)28-18-10-5-6-11-21(18)35-25(22)27(29)31/h5-14,23,28H,1-4H3. The second-order valence-electron chi connectivity index (χ2n) is 8.16. The monoisotopic (exact) mass is 488 g/mol. The Morgan fingerprint density at radius 3 is 2.23 bits per heavy atom. The number of nitrogens with zero attached hydrogens (tertiary/aromatic N) is 1. The Morgan fingerprint density at radius 2 is 1.57 bits per heavy atom. The predicted molar refractivity (Wildman–Crippen MR) is 135 cm³/mol. The summed E-state index contributed by atoms with van der Waals surface area (Å²) in [6, 6.07) is 18.0. The number of amides is 2. The van der Waals surface area contributed by atoms with Gasteiger partial charge in [0.25, 0.3) is 11.8 Å². The normalized spacial score (nSPS) is 16.9. The van der Waals surface area contributed by atoms with E-state index in [0.29, 0.717) is 39.0 Å². The predicted octanol–water partition coefficient (Wildman–Crippen LogP) is 5.11. The van der Waals surface area contributed by atoms with E-state index in [9.17, 15) is 9.59 Å². The summed E-state index contributed by atoms with van der Waals surface area (Å²) in [5.74, 6) is 0.678. The fraction of sp³-hybridized carbons (Fsp3) is 0.185. The maximum absolute atomic E-state index is 13.9. The van der Waals surface area contributed by atoms with Crippen molar-refractivity contribution in [3.63, 3.8) is 0 Å². The number of anilines is 2. The van der Waals surface area contributed by atoms with Crippen LogP contribution in [0, 0.1) is 6.92 Å². The Kier molecular flexibility index (Phi) is 5.90. The number of carbonyl (C=O) groups is 2. The van der Waals surface area contributed by atoms with Gasteiger partial charge in [-0.2, -0.15) is 0 Å². The lowest BCUT2D eigenvalue weighted by molar-refractivity contribution is -0.120. The first-order valence-corrected chi connectivity index (χ1v) is 11.8. The van der Waals surface area contributed by atoms with Gasteiger partial charge in [0.1, 0.15) is 0 Å². The number of para-hydroxylation sites is 1. The van der Waals surface area contributed by atoms with Gasteiger partial charge < -0.3 is 19.5 Å². The van der Waals surface area contributed by atoms with Crippen molar-refractivity contribution in [3.8, 4) is 17.2 Å². The van der Waals surface area contributed by atoms with Gasteiger partial charge >= 0.3 is 0 Å². The topological polar surface area (TPSA) is 77.1 Å². The van der Waals surface area contributed by atoms with Crippen molar-refractivity contribution in [2.24, 2.45) is 0 Å². The number of imide groups is 1. The number of benzene rings is 3. The molecule has 1 N–H and O–H groups in total. The Bertz CT molecular complexity index is 1360. The van der Waals surface area contributed by atoms with Crippen molar-refractivity contribution in [1.82, 2.24) is 0 Å². The molecule has 3 aromatic rings. The minimum absolute atomic E-state index is 0.337. The molecule has 178 valence electrons. The van der Waals surface area contributed by atoms with Gasteiger partial charge in [0.2, 0.25) is 5.75 Å². The molecule has 2 heterocycles. The zero-order valence-electron chi connectivity index (χ0n) is 19.7. The van der Waals surface area contributed by atoms with Crippen molar-refractivity contribution >= 4 is 35.0 Å². The third-order valence-electron chi connectivity index (χ3n) is 6.04. The molecule has 0 radical (unpaired) electrons. The van der Waals surface area contributed by atoms with E-state index < -0.39 is 6.04 Å². The van der Waals surface area contributed by atoms with Crippen molar-refractivity contribution in [1.29, 1.82) is 0 Å². The molecule has 1 unspecified atom stereocenters. The van der Waals surface area contributed by atoms with Crippen LogP contribution in [0.5, 0.6) is 17.2 Å². The molecule has 0 spiro atoms. The molecule has 5 rings (SSSR count). The molecular weight excluding hydrogens is 464 g/mol. The second-order valence-corrected chi connectivity index (χ2v) is 9.21. The van der Waals surface area contributed by atoms with Gasteiger partial charge in [-0.15, -0.1) is 0 Å². The molecule has 0 aliphatic carbocycles. The van der Waals surface area contributed by atoms with Gasteiger partial charge in [-0.3, -0.25) is 9.59 Å². The summed E-state index contributed by atoms with van der Waals surface area (Å²) in [7, 11) is 4.62. The fourth-order valence-corrected chi connectivity index (χ4v) is 5.51. The number of hydrogen-bond acceptors (Lipinski definition) is 7. The zero-order chi connectivity index (χ0) is 24.7. The van der Waals surface area contributed by atoms with Crippen molar-refractivity contribution in [3.05, 3.63) is 82.3 Å². The molecular formula is C27H24N2O5S. The van der Waals surface area contributed by atoms with E-state index in [-0.39, 0.29) is 11.8 Å². The highest BCUT2D eigenvalue weighted by atomic mass is 32.2. The average molecular weight is 489 g/mol. The molecule has 3 aromatic carbocycles. The first-order chi connectivity index (χ1) is 17.0. The summed E-state index contributed by atoms with van der Waals surface area (Å²) in [4.78, 5) is 30.1. The van der Waals surface area contributed by atoms with Gasteiger partial charge in [0.15, 0.2) is 11.5 Å². The second kappa shape index (κ2) is 9.03. The van der Waals surface area contributed by atoms with Crippen LogP contribution in [-0.2, 0) is 9.59 Å². The van der Waals surface area contributed by atoms with Gasteiger partial charge in [0, 0.05) is 10.6 Å². The molecule has 2 aliphatic heterocycles. The highest BCUT2D eigenvalue weighted by Crippen LogP contribution is 2.50. The molecule has 0 saturated carbocycles. The van der Waals surface area contributed by atoms with Gasteiger partial charge in [-0.25, -0.2) is 4.90 Å².